The van der Waals surface area contributed by atoms with Crippen molar-refractivity contribution in [3.8, 4) is 0 Å². The van der Waals surface area contributed by atoms with Gasteiger partial charge in [-0.15, -0.1) is 0 Å². The van der Waals surface area contributed by atoms with Crippen LogP contribution in [0.25, 0.3) is 0 Å². The van der Waals surface area contributed by atoms with E-state index in [1.165, 1.54) is 19.3 Å². The zero-order valence-corrected chi connectivity index (χ0v) is 14.4. The fourth-order valence-electron chi connectivity index (χ4n) is 3.44. The molecule has 1 atom stereocenters. The molecule has 6 heteroatoms. The van der Waals surface area contributed by atoms with E-state index in [-0.39, 0.29) is 11.8 Å². The first kappa shape index (κ1) is 18.2. The van der Waals surface area contributed by atoms with Gasteiger partial charge in [0.05, 0.1) is 0 Å². The molecule has 1 aliphatic carbocycles. The van der Waals surface area contributed by atoms with Gasteiger partial charge in [0.15, 0.2) is 0 Å². The molecule has 0 aromatic heterocycles. The standard InChI is InChI=1S/C17H32N4O2/c1-14(20-16(22)13-15-5-3-2-4-6-15)17(23)19-9-12-21-10-7-18-8-11-21/h14-15,18H,2-13H2,1H3,(H,19,23)(H,20,22). The van der Waals surface area contributed by atoms with Crippen LogP contribution in [0.1, 0.15) is 45.4 Å². The van der Waals surface area contributed by atoms with Gasteiger partial charge in [-0.05, 0) is 25.7 Å². The largest absolute Gasteiger partial charge is 0.353 e. The summed E-state index contributed by atoms with van der Waals surface area (Å²) in [6.07, 6.45) is 6.64. The van der Waals surface area contributed by atoms with Crippen molar-refractivity contribution in [3.05, 3.63) is 0 Å². The highest BCUT2D eigenvalue weighted by Crippen LogP contribution is 2.26. The number of carbonyl (C=O) groups excluding carboxylic acids is 2. The predicted molar refractivity (Wildman–Crippen MR) is 91.1 cm³/mol. The molecule has 0 spiro atoms. The third-order valence-corrected chi connectivity index (χ3v) is 4.91. The lowest BCUT2D eigenvalue weighted by atomic mass is 9.87. The van der Waals surface area contributed by atoms with Gasteiger partial charge in [0.2, 0.25) is 11.8 Å². The predicted octanol–water partition coefficient (Wildman–Crippen LogP) is 0.483. The number of piperazine rings is 1. The average molecular weight is 324 g/mol. The maximum atomic E-state index is 12.1. The molecule has 2 amide bonds. The van der Waals surface area contributed by atoms with Gasteiger partial charge in [0.25, 0.3) is 0 Å². The normalized spacial score (nSPS) is 21.6. The van der Waals surface area contributed by atoms with Gasteiger partial charge in [-0.2, -0.15) is 0 Å². The lowest BCUT2D eigenvalue weighted by molar-refractivity contribution is -0.129. The van der Waals surface area contributed by atoms with E-state index in [1.54, 1.807) is 6.92 Å². The van der Waals surface area contributed by atoms with Gasteiger partial charge < -0.3 is 16.0 Å². The molecule has 1 unspecified atom stereocenters. The first-order valence-electron chi connectivity index (χ1n) is 9.15. The van der Waals surface area contributed by atoms with Crippen LogP contribution < -0.4 is 16.0 Å². The molecule has 2 rings (SSSR count). The van der Waals surface area contributed by atoms with Crippen molar-refractivity contribution >= 4 is 11.8 Å². The van der Waals surface area contributed by atoms with Crippen molar-refractivity contribution in [1.82, 2.24) is 20.9 Å². The molecule has 0 aromatic rings. The SMILES string of the molecule is CC(NC(=O)CC1CCCCC1)C(=O)NCCN1CCNCC1. The maximum Gasteiger partial charge on any atom is 0.242 e. The first-order valence-corrected chi connectivity index (χ1v) is 9.15. The Morgan fingerprint density at radius 1 is 1.17 bits per heavy atom. The Hall–Kier alpha value is -1.14. The van der Waals surface area contributed by atoms with Gasteiger partial charge in [0.1, 0.15) is 6.04 Å². The van der Waals surface area contributed by atoms with Crippen molar-refractivity contribution in [1.29, 1.82) is 0 Å². The summed E-state index contributed by atoms with van der Waals surface area (Å²) >= 11 is 0. The van der Waals surface area contributed by atoms with E-state index in [4.69, 9.17) is 0 Å². The van der Waals surface area contributed by atoms with Crippen molar-refractivity contribution in [2.24, 2.45) is 5.92 Å². The monoisotopic (exact) mass is 324 g/mol. The van der Waals surface area contributed by atoms with E-state index in [2.05, 4.69) is 20.9 Å². The topological polar surface area (TPSA) is 73.5 Å². The molecule has 1 saturated heterocycles. The number of carbonyl (C=O) groups is 2. The van der Waals surface area contributed by atoms with Crippen molar-refractivity contribution < 1.29 is 9.59 Å². The minimum atomic E-state index is -0.450. The molecule has 6 nitrogen and oxygen atoms in total. The molecule has 1 saturated carbocycles. The maximum absolute atomic E-state index is 12.1. The minimum absolute atomic E-state index is 0.0154. The Balaban J connectivity index is 1.58. The Morgan fingerprint density at radius 3 is 2.57 bits per heavy atom. The summed E-state index contributed by atoms with van der Waals surface area (Å²) in [7, 11) is 0. The van der Waals surface area contributed by atoms with Crippen LogP contribution >= 0.6 is 0 Å². The van der Waals surface area contributed by atoms with E-state index in [0.717, 1.165) is 45.6 Å². The zero-order valence-electron chi connectivity index (χ0n) is 14.4. The fraction of sp³-hybridized carbons (Fsp3) is 0.882. The number of nitrogens with zero attached hydrogens (tertiary/aromatic N) is 1. The van der Waals surface area contributed by atoms with Crippen LogP contribution in [0, 0.1) is 5.92 Å². The number of hydrogen-bond donors (Lipinski definition) is 3. The summed E-state index contributed by atoms with van der Waals surface area (Å²) in [4.78, 5) is 26.4. The molecule has 132 valence electrons. The second-order valence-electron chi connectivity index (χ2n) is 6.88. The van der Waals surface area contributed by atoms with E-state index in [0.29, 0.717) is 18.9 Å². The van der Waals surface area contributed by atoms with E-state index < -0.39 is 6.04 Å². The molecule has 1 heterocycles. The number of hydrogen-bond acceptors (Lipinski definition) is 4. The molecular formula is C17H32N4O2. The third kappa shape index (κ3) is 6.87. The molecule has 0 aromatic carbocycles. The highest BCUT2D eigenvalue weighted by Gasteiger charge is 2.20. The Labute approximate surface area is 139 Å². The van der Waals surface area contributed by atoms with Crippen LogP contribution in [0.5, 0.6) is 0 Å². The Kier molecular flexibility index (Phi) is 7.82. The molecule has 2 fully saturated rings. The Morgan fingerprint density at radius 2 is 1.87 bits per heavy atom. The van der Waals surface area contributed by atoms with Crippen LogP contribution in [-0.4, -0.2) is 62.0 Å². The summed E-state index contributed by atoms with van der Waals surface area (Å²) in [5, 5.41) is 9.07. The van der Waals surface area contributed by atoms with Gasteiger partial charge in [0, 0.05) is 45.7 Å². The second kappa shape index (κ2) is 9.88. The van der Waals surface area contributed by atoms with E-state index in [1.807, 2.05) is 0 Å². The lowest BCUT2D eigenvalue weighted by Crippen LogP contribution is -2.49. The molecule has 23 heavy (non-hydrogen) atoms. The number of amides is 2. The van der Waals surface area contributed by atoms with Crippen LogP contribution in [0.4, 0.5) is 0 Å². The summed E-state index contributed by atoms with van der Waals surface area (Å²) in [6, 6.07) is -0.450. The smallest absolute Gasteiger partial charge is 0.242 e. The third-order valence-electron chi connectivity index (χ3n) is 4.91. The summed E-state index contributed by atoms with van der Waals surface area (Å²) in [6.45, 7) is 7.37. The summed E-state index contributed by atoms with van der Waals surface area (Å²) in [5.41, 5.74) is 0. The second-order valence-corrected chi connectivity index (χ2v) is 6.88. The highest BCUT2D eigenvalue weighted by atomic mass is 16.2. The molecule has 0 bridgehead atoms. The number of rotatable bonds is 7. The average Bonchev–Trinajstić information content (AvgIpc) is 2.56. The summed E-state index contributed by atoms with van der Waals surface area (Å²) < 4.78 is 0. The van der Waals surface area contributed by atoms with Gasteiger partial charge in [-0.25, -0.2) is 0 Å². The van der Waals surface area contributed by atoms with E-state index in [9.17, 15) is 9.59 Å². The minimum Gasteiger partial charge on any atom is -0.353 e. The first-order chi connectivity index (χ1) is 11.1. The van der Waals surface area contributed by atoms with Crippen LogP contribution in [0.3, 0.4) is 0 Å². The van der Waals surface area contributed by atoms with Crippen LogP contribution in [0.2, 0.25) is 0 Å². The molecule has 1 aliphatic heterocycles. The van der Waals surface area contributed by atoms with Gasteiger partial charge in [-0.1, -0.05) is 19.3 Å². The molecular weight excluding hydrogens is 292 g/mol. The van der Waals surface area contributed by atoms with Crippen molar-refractivity contribution in [2.75, 3.05) is 39.3 Å². The number of nitrogens with one attached hydrogen (secondary N) is 3. The quantitative estimate of drug-likeness (QED) is 0.637. The highest BCUT2D eigenvalue weighted by molar-refractivity contribution is 5.87. The fourth-order valence-corrected chi connectivity index (χ4v) is 3.44. The lowest BCUT2D eigenvalue weighted by Gasteiger charge is -2.27. The van der Waals surface area contributed by atoms with Crippen LogP contribution in [0.15, 0.2) is 0 Å². The van der Waals surface area contributed by atoms with Gasteiger partial charge in [-0.3, -0.25) is 14.5 Å². The molecule has 3 N–H and O–H groups in total. The van der Waals surface area contributed by atoms with Crippen LogP contribution in [-0.2, 0) is 9.59 Å². The van der Waals surface area contributed by atoms with Gasteiger partial charge >= 0.3 is 0 Å². The van der Waals surface area contributed by atoms with E-state index >= 15 is 0 Å². The summed E-state index contributed by atoms with van der Waals surface area (Å²) in [5.74, 6) is 0.436. The molecule has 0 radical (unpaired) electrons. The zero-order chi connectivity index (χ0) is 16.5. The molecule has 2 aliphatic rings. The van der Waals surface area contributed by atoms with Crippen molar-refractivity contribution in [2.45, 2.75) is 51.5 Å². The van der Waals surface area contributed by atoms with Crippen molar-refractivity contribution in [3.63, 3.8) is 0 Å². The Bertz CT molecular complexity index is 377.